The molecule has 1 atom stereocenters. The van der Waals surface area contributed by atoms with Crippen LogP contribution in [0.1, 0.15) is 22.3 Å². The summed E-state index contributed by atoms with van der Waals surface area (Å²) < 4.78 is 0. The Morgan fingerprint density at radius 1 is 0.893 bits per heavy atom. The number of hydrogen-bond acceptors (Lipinski definition) is 2. The lowest BCUT2D eigenvalue weighted by Gasteiger charge is -2.15. The molecule has 1 unspecified atom stereocenters. The third-order valence-corrected chi connectivity index (χ3v) is 4.83. The van der Waals surface area contributed by atoms with E-state index in [-0.39, 0.29) is 0 Å². The van der Waals surface area contributed by atoms with E-state index in [4.69, 9.17) is 11.6 Å². The van der Waals surface area contributed by atoms with Gasteiger partial charge in [0.1, 0.15) is 6.04 Å². The highest BCUT2D eigenvalue weighted by molar-refractivity contribution is 6.33. The highest BCUT2D eigenvalue weighted by Crippen LogP contribution is 2.27. The zero-order chi connectivity index (χ0) is 19.9. The van der Waals surface area contributed by atoms with Crippen LogP contribution in [0.25, 0.3) is 11.1 Å². The van der Waals surface area contributed by atoms with Crippen molar-refractivity contribution in [2.24, 2.45) is 0 Å². The topological polar surface area (TPSA) is 66.4 Å². The maximum Gasteiger partial charge on any atom is 0.326 e. The monoisotopic (exact) mass is 393 g/mol. The summed E-state index contributed by atoms with van der Waals surface area (Å²) in [4.78, 5) is 24.0. The van der Waals surface area contributed by atoms with Crippen molar-refractivity contribution in [1.29, 1.82) is 0 Å². The molecule has 0 aliphatic heterocycles. The number of aryl methyl sites for hydroxylation is 1. The first-order chi connectivity index (χ1) is 13.5. The zero-order valence-corrected chi connectivity index (χ0v) is 15.9. The first-order valence-corrected chi connectivity index (χ1v) is 9.35. The first kappa shape index (κ1) is 19.6. The molecule has 0 fully saturated rings. The van der Waals surface area contributed by atoms with Crippen LogP contribution in [0.5, 0.6) is 0 Å². The molecule has 3 rings (SSSR count). The van der Waals surface area contributed by atoms with Gasteiger partial charge in [-0.25, -0.2) is 4.79 Å². The van der Waals surface area contributed by atoms with Gasteiger partial charge in [0.25, 0.3) is 5.91 Å². The molecule has 0 bridgehead atoms. The Kier molecular flexibility index (Phi) is 6.45. The molecule has 28 heavy (non-hydrogen) atoms. The van der Waals surface area contributed by atoms with Crippen molar-refractivity contribution < 1.29 is 14.7 Å². The molecule has 142 valence electrons. The second-order valence-corrected chi connectivity index (χ2v) is 6.85. The number of carbonyl (C=O) groups excluding carboxylic acids is 1. The van der Waals surface area contributed by atoms with Gasteiger partial charge in [0.15, 0.2) is 0 Å². The number of carbonyl (C=O) groups is 2. The summed E-state index contributed by atoms with van der Waals surface area (Å²) >= 11 is 6.21. The molecule has 2 N–H and O–H groups in total. The Balaban J connectivity index is 1.66. The van der Waals surface area contributed by atoms with Gasteiger partial charge < -0.3 is 10.4 Å². The maximum atomic E-state index is 12.5. The van der Waals surface area contributed by atoms with Crippen LogP contribution >= 0.6 is 11.6 Å². The number of hydrogen-bond donors (Lipinski definition) is 2. The van der Waals surface area contributed by atoms with Crippen LogP contribution in [0.3, 0.4) is 0 Å². The molecule has 0 aromatic heterocycles. The largest absolute Gasteiger partial charge is 0.480 e. The first-order valence-electron chi connectivity index (χ1n) is 8.97. The summed E-state index contributed by atoms with van der Waals surface area (Å²) in [5.41, 5.74) is 3.21. The lowest BCUT2D eigenvalue weighted by atomic mass is 10.0. The van der Waals surface area contributed by atoms with E-state index in [1.807, 2.05) is 54.6 Å². The number of nitrogens with one attached hydrogen (secondary N) is 1. The Morgan fingerprint density at radius 2 is 1.54 bits per heavy atom. The summed E-state index contributed by atoms with van der Waals surface area (Å²) in [6.45, 7) is 0. The molecule has 0 saturated heterocycles. The number of halogens is 1. The van der Waals surface area contributed by atoms with Crippen LogP contribution in [0.2, 0.25) is 5.02 Å². The number of benzene rings is 3. The fourth-order valence-electron chi connectivity index (χ4n) is 2.95. The third kappa shape index (κ3) is 4.99. The molecule has 1 amide bonds. The minimum atomic E-state index is -1.04. The van der Waals surface area contributed by atoms with Gasteiger partial charge >= 0.3 is 5.97 Å². The quantitative estimate of drug-likeness (QED) is 0.604. The summed E-state index contributed by atoms with van der Waals surface area (Å²) in [6, 6.07) is 23.1. The molecule has 0 heterocycles. The lowest BCUT2D eigenvalue weighted by Crippen LogP contribution is -2.41. The van der Waals surface area contributed by atoms with E-state index in [0.29, 0.717) is 23.4 Å². The average molecular weight is 394 g/mol. The molecule has 0 saturated carbocycles. The lowest BCUT2D eigenvalue weighted by molar-refractivity contribution is -0.139. The zero-order valence-electron chi connectivity index (χ0n) is 15.1. The van der Waals surface area contributed by atoms with Crippen LogP contribution in [-0.4, -0.2) is 23.0 Å². The van der Waals surface area contributed by atoms with Gasteiger partial charge in [-0.3, -0.25) is 4.79 Å². The van der Waals surface area contributed by atoms with Crippen molar-refractivity contribution in [1.82, 2.24) is 5.32 Å². The number of carboxylic acids is 1. The van der Waals surface area contributed by atoms with Crippen molar-refractivity contribution >= 4 is 23.5 Å². The maximum absolute atomic E-state index is 12.5. The number of rotatable bonds is 7. The van der Waals surface area contributed by atoms with E-state index in [2.05, 4.69) is 5.32 Å². The minimum absolute atomic E-state index is 0.322. The summed E-state index contributed by atoms with van der Waals surface area (Å²) in [6.07, 6.45) is 0.895. The normalized spacial score (nSPS) is 11.6. The Morgan fingerprint density at radius 3 is 2.18 bits per heavy atom. The second-order valence-electron chi connectivity index (χ2n) is 6.45. The molecule has 5 heteroatoms. The number of aliphatic carboxylic acids is 1. The van der Waals surface area contributed by atoms with Gasteiger partial charge in [0.05, 0.1) is 0 Å². The highest BCUT2D eigenvalue weighted by atomic mass is 35.5. The Labute approximate surface area is 168 Å². The van der Waals surface area contributed by atoms with Crippen molar-refractivity contribution in [3.8, 4) is 11.1 Å². The standard InChI is InChI=1S/C23H20ClNO3/c24-20-9-5-4-8-19(20)17-11-13-18(14-12-17)22(26)25-21(23(27)28)15-10-16-6-2-1-3-7-16/h1-9,11-14,21H,10,15H2,(H,25,26)(H,27,28). The molecule has 3 aromatic rings. The van der Waals surface area contributed by atoms with Crippen molar-refractivity contribution in [2.75, 3.05) is 0 Å². The predicted octanol–water partition coefficient (Wildman–Crippen LogP) is 4.82. The summed E-state index contributed by atoms with van der Waals surface area (Å²) in [7, 11) is 0. The molecule has 4 nitrogen and oxygen atoms in total. The van der Waals surface area contributed by atoms with E-state index in [1.165, 1.54) is 0 Å². The van der Waals surface area contributed by atoms with E-state index >= 15 is 0 Å². The van der Waals surface area contributed by atoms with Crippen molar-refractivity contribution in [3.05, 3.63) is 95.0 Å². The molecule has 0 spiro atoms. The van der Waals surface area contributed by atoms with Crippen LogP contribution in [0, 0.1) is 0 Å². The van der Waals surface area contributed by atoms with Crippen LogP contribution in [0.15, 0.2) is 78.9 Å². The third-order valence-electron chi connectivity index (χ3n) is 4.50. The highest BCUT2D eigenvalue weighted by Gasteiger charge is 2.20. The molecule has 0 radical (unpaired) electrons. The molecule has 0 aliphatic carbocycles. The van der Waals surface area contributed by atoms with E-state index in [1.54, 1.807) is 24.3 Å². The predicted molar refractivity (Wildman–Crippen MR) is 111 cm³/mol. The SMILES string of the molecule is O=C(NC(CCc1ccccc1)C(=O)O)c1ccc(-c2ccccc2Cl)cc1. The second kappa shape index (κ2) is 9.20. The summed E-state index contributed by atoms with van der Waals surface area (Å²) in [5.74, 6) is -1.46. The Bertz CT molecular complexity index is 955. The Hall–Kier alpha value is -3.11. The van der Waals surface area contributed by atoms with Gasteiger partial charge in [0, 0.05) is 16.1 Å². The smallest absolute Gasteiger partial charge is 0.326 e. The van der Waals surface area contributed by atoms with Gasteiger partial charge in [-0.05, 0) is 42.2 Å². The van der Waals surface area contributed by atoms with Crippen LogP contribution in [0.4, 0.5) is 0 Å². The van der Waals surface area contributed by atoms with Crippen LogP contribution in [-0.2, 0) is 11.2 Å². The van der Waals surface area contributed by atoms with E-state index in [0.717, 1.165) is 16.7 Å². The number of amides is 1. The van der Waals surface area contributed by atoms with Crippen molar-refractivity contribution in [3.63, 3.8) is 0 Å². The minimum Gasteiger partial charge on any atom is -0.480 e. The number of carboxylic acid groups (broad SMARTS) is 1. The van der Waals surface area contributed by atoms with Gasteiger partial charge in [-0.1, -0.05) is 72.3 Å². The molecular formula is C23H20ClNO3. The fraction of sp³-hybridized carbons (Fsp3) is 0.130. The van der Waals surface area contributed by atoms with E-state index < -0.39 is 17.9 Å². The van der Waals surface area contributed by atoms with Crippen molar-refractivity contribution in [2.45, 2.75) is 18.9 Å². The summed E-state index contributed by atoms with van der Waals surface area (Å²) in [5, 5.41) is 12.7. The van der Waals surface area contributed by atoms with E-state index in [9.17, 15) is 14.7 Å². The average Bonchev–Trinajstić information content (AvgIpc) is 2.72. The molecule has 0 aliphatic rings. The van der Waals surface area contributed by atoms with Gasteiger partial charge in [-0.2, -0.15) is 0 Å². The fourth-order valence-corrected chi connectivity index (χ4v) is 3.20. The molecular weight excluding hydrogens is 374 g/mol. The molecule has 3 aromatic carbocycles. The van der Waals surface area contributed by atoms with Crippen LogP contribution < -0.4 is 5.32 Å². The van der Waals surface area contributed by atoms with Gasteiger partial charge in [0.2, 0.25) is 0 Å². The van der Waals surface area contributed by atoms with Gasteiger partial charge in [-0.15, -0.1) is 0 Å².